The summed E-state index contributed by atoms with van der Waals surface area (Å²) in [6.45, 7) is 4.98. The van der Waals surface area contributed by atoms with Gasteiger partial charge in [0.2, 0.25) is 5.91 Å². The van der Waals surface area contributed by atoms with E-state index in [4.69, 9.17) is 4.74 Å². The number of amides is 1. The van der Waals surface area contributed by atoms with E-state index < -0.39 is 12.1 Å². The summed E-state index contributed by atoms with van der Waals surface area (Å²) >= 11 is 0. The Morgan fingerprint density at radius 2 is 0.577 bits per heavy atom. The van der Waals surface area contributed by atoms with Crippen LogP contribution >= 0.6 is 0 Å². The topological polar surface area (TPSA) is 95.9 Å². The maximum absolute atomic E-state index is 12.5. The van der Waals surface area contributed by atoms with Crippen molar-refractivity contribution in [2.45, 2.75) is 392 Å². The number of ether oxygens (including phenoxy) is 1. The van der Waals surface area contributed by atoms with Crippen molar-refractivity contribution in [1.29, 1.82) is 0 Å². The number of aliphatic hydroxyl groups is 2. The summed E-state index contributed by atoms with van der Waals surface area (Å²) in [5.41, 5.74) is 0. The fourth-order valence-electron chi connectivity index (χ4n) is 10.6. The molecule has 2 atom stereocenters. The lowest BCUT2D eigenvalue weighted by Gasteiger charge is -2.22. The van der Waals surface area contributed by atoms with Crippen LogP contribution in [0.4, 0.5) is 0 Å². The van der Waals surface area contributed by atoms with Gasteiger partial charge in [-0.05, 0) is 25.7 Å². The molecule has 2 unspecified atom stereocenters. The lowest BCUT2D eigenvalue weighted by Crippen LogP contribution is -2.45. The summed E-state index contributed by atoms with van der Waals surface area (Å²) < 4.78 is 5.47. The second-order valence-electron chi connectivity index (χ2n) is 22.8. The highest BCUT2D eigenvalue weighted by atomic mass is 16.5. The van der Waals surface area contributed by atoms with E-state index in [1.165, 1.54) is 308 Å². The van der Waals surface area contributed by atoms with Crippen LogP contribution in [-0.4, -0.2) is 47.4 Å². The molecule has 3 N–H and O–H groups in total. The Hall–Kier alpha value is -1.14. The summed E-state index contributed by atoms with van der Waals surface area (Å²) in [5.74, 6) is -0.0249. The van der Waals surface area contributed by atoms with Crippen LogP contribution in [0.5, 0.6) is 0 Å². The smallest absolute Gasteiger partial charge is 0.305 e. The van der Waals surface area contributed by atoms with Crippen LogP contribution in [0.25, 0.3) is 0 Å². The molecule has 0 aliphatic heterocycles. The lowest BCUT2D eigenvalue weighted by atomic mass is 10.0. The van der Waals surface area contributed by atoms with Crippen molar-refractivity contribution >= 4 is 11.9 Å². The summed E-state index contributed by atoms with van der Waals surface area (Å²) in [6.07, 6.45) is 72.7. The highest BCUT2D eigenvalue weighted by molar-refractivity contribution is 5.76. The largest absolute Gasteiger partial charge is 0.466 e. The fraction of sp³-hybridized carbons (Fsp3) is 0.969. The SMILES string of the molecule is CCCCCCCCCCCCCCCCCCCCCCCCCCCC(O)C(CO)NC(=O)CCCCCCCCCCCCCCCCCCCCOC(=O)CCCCCCCCCCCCC. The van der Waals surface area contributed by atoms with Gasteiger partial charge in [0.25, 0.3) is 0 Å². The summed E-state index contributed by atoms with van der Waals surface area (Å²) in [5, 5.41) is 23.4. The van der Waals surface area contributed by atoms with Crippen LogP contribution in [0.3, 0.4) is 0 Å². The Labute approximate surface area is 445 Å². The highest BCUT2D eigenvalue weighted by Crippen LogP contribution is 2.19. The molecule has 6 heteroatoms. The Kier molecular flexibility index (Phi) is 60.4. The average molecular weight is 1000 g/mol. The van der Waals surface area contributed by atoms with E-state index in [0.29, 0.717) is 25.9 Å². The number of hydrogen-bond donors (Lipinski definition) is 3. The first-order valence-corrected chi connectivity index (χ1v) is 32.8. The van der Waals surface area contributed by atoms with E-state index in [-0.39, 0.29) is 18.5 Å². The van der Waals surface area contributed by atoms with E-state index in [0.717, 1.165) is 38.5 Å². The summed E-state index contributed by atoms with van der Waals surface area (Å²) in [6, 6.07) is -0.544. The molecular weight excluding hydrogens is 875 g/mol. The predicted octanol–water partition coefficient (Wildman–Crippen LogP) is 20.6. The molecule has 0 saturated carbocycles. The number of nitrogens with one attached hydrogen (secondary N) is 1. The maximum Gasteiger partial charge on any atom is 0.305 e. The molecule has 0 aliphatic carbocycles. The van der Waals surface area contributed by atoms with Crippen LogP contribution < -0.4 is 5.32 Å². The van der Waals surface area contributed by atoms with Gasteiger partial charge in [-0.15, -0.1) is 0 Å². The molecule has 0 aromatic carbocycles. The predicted molar refractivity (Wildman–Crippen MR) is 310 cm³/mol. The molecule has 0 aromatic heterocycles. The summed E-state index contributed by atoms with van der Waals surface area (Å²) in [4.78, 5) is 24.5. The Morgan fingerprint density at radius 1 is 0.338 bits per heavy atom. The van der Waals surface area contributed by atoms with Crippen molar-refractivity contribution in [2.24, 2.45) is 0 Å². The van der Waals surface area contributed by atoms with E-state index in [1.54, 1.807) is 0 Å². The third-order valence-electron chi connectivity index (χ3n) is 15.7. The van der Waals surface area contributed by atoms with Crippen LogP contribution in [-0.2, 0) is 14.3 Å². The first-order valence-electron chi connectivity index (χ1n) is 32.8. The first kappa shape index (κ1) is 69.9. The second kappa shape index (κ2) is 61.4. The van der Waals surface area contributed by atoms with Gasteiger partial charge < -0.3 is 20.3 Å². The maximum atomic E-state index is 12.5. The molecule has 0 heterocycles. The van der Waals surface area contributed by atoms with E-state index in [9.17, 15) is 19.8 Å². The first-order chi connectivity index (χ1) is 35.0. The average Bonchev–Trinajstić information content (AvgIpc) is 3.37. The standard InChI is InChI=1S/C65H129NO5/c1-3-5-7-9-11-13-15-16-17-18-19-20-21-22-23-24-25-28-31-34-38-41-45-49-53-57-63(68)62(61-67)66-64(69)58-54-50-46-42-39-35-32-29-26-27-30-33-36-40-44-48-52-56-60-71-65(70)59-55-51-47-43-37-14-12-10-8-6-4-2/h62-63,67-68H,3-61H2,1-2H3,(H,66,69). The molecule has 0 rings (SSSR count). The van der Waals surface area contributed by atoms with E-state index >= 15 is 0 Å². The van der Waals surface area contributed by atoms with Gasteiger partial charge in [-0.1, -0.05) is 341 Å². The molecule has 0 bridgehead atoms. The van der Waals surface area contributed by atoms with Gasteiger partial charge in [-0.25, -0.2) is 0 Å². The van der Waals surface area contributed by atoms with Gasteiger partial charge in [0.15, 0.2) is 0 Å². The Balaban J connectivity index is 3.40. The van der Waals surface area contributed by atoms with Crippen LogP contribution in [0.2, 0.25) is 0 Å². The molecule has 0 radical (unpaired) electrons. The minimum absolute atomic E-state index is 0.00854. The van der Waals surface area contributed by atoms with Crippen molar-refractivity contribution in [3.8, 4) is 0 Å². The molecule has 0 fully saturated rings. The van der Waals surface area contributed by atoms with Crippen molar-refractivity contribution in [3.63, 3.8) is 0 Å². The van der Waals surface area contributed by atoms with E-state index in [1.807, 2.05) is 0 Å². The molecular formula is C65H129NO5. The number of hydrogen-bond acceptors (Lipinski definition) is 5. The van der Waals surface area contributed by atoms with Gasteiger partial charge in [0.1, 0.15) is 0 Å². The third kappa shape index (κ3) is 58.0. The quantitative estimate of drug-likeness (QED) is 0.0417. The molecule has 1 amide bonds. The molecule has 424 valence electrons. The number of carbonyl (C=O) groups is 2. The fourth-order valence-corrected chi connectivity index (χ4v) is 10.6. The zero-order valence-electron chi connectivity index (χ0n) is 48.5. The number of carbonyl (C=O) groups excluding carboxylic acids is 2. The van der Waals surface area contributed by atoms with Crippen LogP contribution in [0.15, 0.2) is 0 Å². The molecule has 0 saturated heterocycles. The zero-order valence-corrected chi connectivity index (χ0v) is 48.5. The Bertz CT molecular complexity index is 1020. The Morgan fingerprint density at radius 3 is 0.859 bits per heavy atom. The highest BCUT2D eigenvalue weighted by Gasteiger charge is 2.20. The van der Waals surface area contributed by atoms with Crippen molar-refractivity contribution < 1.29 is 24.5 Å². The zero-order chi connectivity index (χ0) is 51.4. The van der Waals surface area contributed by atoms with Crippen molar-refractivity contribution in [2.75, 3.05) is 13.2 Å². The monoisotopic (exact) mass is 1000 g/mol. The second-order valence-corrected chi connectivity index (χ2v) is 22.8. The van der Waals surface area contributed by atoms with Crippen molar-refractivity contribution in [1.82, 2.24) is 5.32 Å². The normalized spacial score (nSPS) is 12.5. The molecule has 0 aliphatic rings. The molecule has 0 spiro atoms. The van der Waals surface area contributed by atoms with Gasteiger partial charge in [-0.3, -0.25) is 9.59 Å². The number of unbranched alkanes of at least 4 members (excludes halogenated alkanes) is 51. The molecule has 0 aromatic rings. The molecule has 71 heavy (non-hydrogen) atoms. The van der Waals surface area contributed by atoms with Crippen molar-refractivity contribution in [3.05, 3.63) is 0 Å². The lowest BCUT2D eigenvalue weighted by molar-refractivity contribution is -0.143. The number of rotatable bonds is 62. The number of esters is 1. The van der Waals surface area contributed by atoms with Crippen LogP contribution in [0.1, 0.15) is 380 Å². The van der Waals surface area contributed by atoms with Gasteiger partial charge in [-0.2, -0.15) is 0 Å². The van der Waals surface area contributed by atoms with Crippen LogP contribution in [0, 0.1) is 0 Å². The minimum Gasteiger partial charge on any atom is -0.466 e. The summed E-state index contributed by atoms with van der Waals surface area (Å²) in [7, 11) is 0. The molecule has 6 nitrogen and oxygen atoms in total. The van der Waals surface area contributed by atoms with Gasteiger partial charge >= 0.3 is 5.97 Å². The van der Waals surface area contributed by atoms with E-state index in [2.05, 4.69) is 19.2 Å². The third-order valence-corrected chi connectivity index (χ3v) is 15.7. The van der Waals surface area contributed by atoms with Gasteiger partial charge in [0, 0.05) is 12.8 Å². The number of aliphatic hydroxyl groups excluding tert-OH is 2. The minimum atomic E-state index is -0.667. The van der Waals surface area contributed by atoms with Gasteiger partial charge in [0.05, 0.1) is 25.4 Å².